The zero-order valence-corrected chi connectivity index (χ0v) is 12.1. The van der Waals surface area contributed by atoms with Gasteiger partial charge in [-0.25, -0.2) is 0 Å². The van der Waals surface area contributed by atoms with Gasteiger partial charge in [-0.1, -0.05) is 19.1 Å². The lowest BCUT2D eigenvalue weighted by Crippen LogP contribution is -2.31. The van der Waals surface area contributed by atoms with Gasteiger partial charge in [-0.05, 0) is 49.9 Å². The van der Waals surface area contributed by atoms with E-state index in [-0.39, 0.29) is 0 Å². The Balaban J connectivity index is 1.73. The molecule has 2 N–H and O–H groups in total. The van der Waals surface area contributed by atoms with Crippen LogP contribution in [0.1, 0.15) is 25.8 Å². The summed E-state index contributed by atoms with van der Waals surface area (Å²) in [6.45, 7) is 8.34. The lowest BCUT2D eigenvalue weighted by atomic mass is 10.1. The van der Waals surface area contributed by atoms with E-state index < -0.39 is 0 Å². The van der Waals surface area contributed by atoms with Crippen molar-refractivity contribution in [2.24, 2.45) is 11.7 Å². The van der Waals surface area contributed by atoms with Crippen LogP contribution >= 0.6 is 0 Å². The topological polar surface area (TPSA) is 38.5 Å². The molecule has 3 nitrogen and oxygen atoms in total. The van der Waals surface area contributed by atoms with Gasteiger partial charge < -0.3 is 10.5 Å². The summed E-state index contributed by atoms with van der Waals surface area (Å²) >= 11 is 0. The van der Waals surface area contributed by atoms with Crippen LogP contribution in [0.5, 0.6) is 5.75 Å². The van der Waals surface area contributed by atoms with Crippen LogP contribution in [0.25, 0.3) is 0 Å². The molecule has 1 aromatic rings. The molecule has 2 unspecified atom stereocenters. The van der Waals surface area contributed by atoms with E-state index in [1.54, 1.807) is 0 Å². The standard InChI is InChI=1S/C16H26N2O/c1-13-11-14(2)18(12-13)9-10-19-16-5-3-15(4-6-16)7-8-17/h3-6,13-14H,7-12,17H2,1-2H3. The van der Waals surface area contributed by atoms with Crippen LogP contribution in [0.3, 0.4) is 0 Å². The number of hydrogen-bond donors (Lipinski definition) is 1. The Morgan fingerprint density at radius 2 is 2.00 bits per heavy atom. The fraction of sp³-hybridized carbons (Fsp3) is 0.625. The molecule has 19 heavy (non-hydrogen) atoms. The second-order valence-electron chi connectivity index (χ2n) is 5.72. The Morgan fingerprint density at radius 3 is 2.58 bits per heavy atom. The number of benzene rings is 1. The first-order chi connectivity index (χ1) is 9.19. The molecule has 0 spiro atoms. The second kappa shape index (κ2) is 6.92. The molecular weight excluding hydrogens is 236 g/mol. The van der Waals surface area contributed by atoms with Gasteiger partial charge in [-0.15, -0.1) is 0 Å². The highest BCUT2D eigenvalue weighted by Crippen LogP contribution is 2.21. The highest BCUT2D eigenvalue weighted by molar-refractivity contribution is 5.27. The molecule has 1 aliphatic rings. The summed E-state index contributed by atoms with van der Waals surface area (Å²) < 4.78 is 5.81. The van der Waals surface area contributed by atoms with Crippen molar-refractivity contribution in [3.63, 3.8) is 0 Å². The van der Waals surface area contributed by atoms with E-state index in [0.29, 0.717) is 12.6 Å². The van der Waals surface area contributed by atoms with Gasteiger partial charge in [0.05, 0.1) is 0 Å². The van der Waals surface area contributed by atoms with Gasteiger partial charge in [0.15, 0.2) is 0 Å². The minimum atomic E-state index is 0.700. The first-order valence-electron chi connectivity index (χ1n) is 7.35. The largest absolute Gasteiger partial charge is 0.492 e. The normalized spacial score (nSPS) is 23.7. The predicted molar refractivity (Wildman–Crippen MR) is 79.5 cm³/mol. The maximum absolute atomic E-state index is 5.81. The summed E-state index contributed by atoms with van der Waals surface area (Å²) in [6.07, 6.45) is 2.25. The summed E-state index contributed by atoms with van der Waals surface area (Å²) in [5.74, 6) is 1.78. The third kappa shape index (κ3) is 4.22. The number of nitrogens with two attached hydrogens (primary N) is 1. The van der Waals surface area contributed by atoms with E-state index in [1.165, 1.54) is 18.5 Å². The quantitative estimate of drug-likeness (QED) is 0.855. The minimum Gasteiger partial charge on any atom is -0.492 e. The molecule has 1 aliphatic heterocycles. The number of rotatable bonds is 6. The second-order valence-corrected chi connectivity index (χ2v) is 5.72. The molecule has 0 bridgehead atoms. The fourth-order valence-corrected chi connectivity index (χ4v) is 2.90. The molecule has 0 radical (unpaired) electrons. The van der Waals surface area contributed by atoms with E-state index in [0.717, 1.165) is 31.2 Å². The average molecular weight is 262 g/mol. The van der Waals surface area contributed by atoms with E-state index in [2.05, 4.69) is 30.9 Å². The van der Waals surface area contributed by atoms with Crippen molar-refractivity contribution in [1.82, 2.24) is 4.90 Å². The van der Waals surface area contributed by atoms with Crippen molar-refractivity contribution in [3.05, 3.63) is 29.8 Å². The SMILES string of the molecule is CC1CC(C)N(CCOc2ccc(CCN)cc2)C1. The van der Waals surface area contributed by atoms with E-state index in [4.69, 9.17) is 10.5 Å². The maximum atomic E-state index is 5.81. The van der Waals surface area contributed by atoms with Gasteiger partial charge in [-0.2, -0.15) is 0 Å². The molecule has 1 fully saturated rings. The number of hydrogen-bond acceptors (Lipinski definition) is 3. The Hall–Kier alpha value is -1.06. The molecule has 1 heterocycles. The van der Waals surface area contributed by atoms with Gasteiger partial charge in [0.2, 0.25) is 0 Å². The number of ether oxygens (including phenoxy) is 1. The molecule has 0 aromatic heterocycles. The first-order valence-corrected chi connectivity index (χ1v) is 7.35. The summed E-state index contributed by atoms with van der Waals surface area (Å²) in [6, 6.07) is 8.98. The van der Waals surface area contributed by atoms with Gasteiger partial charge in [0, 0.05) is 19.1 Å². The van der Waals surface area contributed by atoms with Crippen LogP contribution in [0.15, 0.2) is 24.3 Å². The minimum absolute atomic E-state index is 0.700. The first kappa shape index (κ1) is 14.4. The van der Waals surface area contributed by atoms with Crippen molar-refractivity contribution < 1.29 is 4.74 Å². The summed E-state index contributed by atoms with van der Waals surface area (Å²) in [5, 5.41) is 0. The molecule has 0 aliphatic carbocycles. The monoisotopic (exact) mass is 262 g/mol. The van der Waals surface area contributed by atoms with Crippen molar-refractivity contribution in [2.75, 3.05) is 26.2 Å². The number of nitrogens with zero attached hydrogens (tertiary/aromatic N) is 1. The smallest absolute Gasteiger partial charge is 0.119 e. The van der Waals surface area contributed by atoms with E-state index in [1.807, 2.05) is 12.1 Å². The molecule has 0 amide bonds. The molecule has 1 aromatic carbocycles. The van der Waals surface area contributed by atoms with Crippen LogP contribution in [0, 0.1) is 5.92 Å². The molecule has 1 saturated heterocycles. The Labute approximate surface area is 116 Å². The molecule has 3 heteroatoms. The van der Waals surface area contributed by atoms with Gasteiger partial charge >= 0.3 is 0 Å². The Morgan fingerprint density at radius 1 is 1.26 bits per heavy atom. The van der Waals surface area contributed by atoms with Crippen LogP contribution in [-0.4, -0.2) is 37.2 Å². The number of likely N-dealkylation sites (tertiary alicyclic amines) is 1. The van der Waals surface area contributed by atoms with Crippen molar-refractivity contribution in [2.45, 2.75) is 32.7 Å². The highest BCUT2D eigenvalue weighted by atomic mass is 16.5. The lowest BCUT2D eigenvalue weighted by molar-refractivity contribution is 0.202. The van der Waals surface area contributed by atoms with Crippen LogP contribution < -0.4 is 10.5 Å². The lowest BCUT2D eigenvalue weighted by Gasteiger charge is -2.20. The van der Waals surface area contributed by atoms with Crippen molar-refractivity contribution >= 4 is 0 Å². The van der Waals surface area contributed by atoms with Crippen molar-refractivity contribution in [1.29, 1.82) is 0 Å². The summed E-state index contributed by atoms with van der Waals surface area (Å²) in [7, 11) is 0. The van der Waals surface area contributed by atoms with Crippen LogP contribution in [-0.2, 0) is 6.42 Å². The average Bonchev–Trinajstić information content (AvgIpc) is 2.71. The summed E-state index contributed by atoms with van der Waals surface area (Å²) in [4.78, 5) is 2.52. The van der Waals surface area contributed by atoms with Gasteiger partial charge in [0.1, 0.15) is 12.4 Å². The van der Waals surface area contributed by atoms with Gasteiger partial charge in [0.25, 0.3) is 0 Å². The zero-order chi connectivity index (χ0) is 13.7. The Bertz CT molecular complexity index is 377. The van der Waals surface area contributed by atoms with Crippen LogP contribution in [0.4, 0.5) is 0 Å². The fourth-order valence-electron chi connectivity index (χ4n) is 2.90. The van der Waals surface area contributed by atoms with Gasteiger partial charge in [-0.3, -0.25) is 4.90 Å². The molecule has 0 saturated carbocycles. The Kier molecular flexibility index (Phi) is 5.23. The maximum Gasteiger partial charge on any atom is 0.119 e. The molecule has 2 atom stereocenters. The van der Waals surface area contributed by atoms with E-state index >= 15 is 0 Å². The molecular formula is C16H26N2O. The third-order valence-corrected chi connectivity index (χ3v) is 3.92. The zero-order valence-electron chi connectivity index (χ0n) is 12.1. The van der Waals surface area contributed by atoms with Crippen LogP contribution in [0.2, 0.25) is 0 Å². The highest BCUT2D eigenvalue weighted by Gasteiger charge is 2.25. The van der Waals surface area contributed by atoms with E-state index in [9.17, 15) is 0 Å². The predicted octanol–water partition coefficient (Wildman–Crippen LogP) is 2.30. The molecule has 106 valence electrons. The third-order valence-electron chi connectivity index (χ3n) is 3.92. The summed E-state index contributed by atoms with van der Waals surface area (Å²) in [5.41, 5.74) is 6.81. The van der Waals surface area contributed by atoms with Crippen molar-refractivity contribution in [3.8, 4) is 5.75 Å². The molecule has 2 rings (SSSR count).